The molecule has 110 valence electrons. The third-order valence-electron chi connectivity index (χ3n) is 3.13. The Morgan fingerprint density at radius 1 is 1.14 bits per heavy atom. The number of allylic oxidation sites excluding steroid dienone is 1. The smallest absolute Gasteiger partial charge is 0.130 e. The van der Waals surface area contributed by atoms with Crippen LogP contribution in [0.15, 0.2) is 55.1 Å². The maximum absolute atomic E-state index is 5.90. The normalized spacial score (nSPS) is 10.3. The summed E-state index contributed by atoms with van der Waals surface area (Å²) in [6, 6.07) is 14.1. The van der Waals surface area contributed by atoms with Crippen molar-refractivity contribution in [1.82, 2.24) is 10.3 Å². The lowest BCUT2D eigenvalue weighted by molar-refractivity contribution is 0.298. The lowest BCUT2D eigenvalue weighted by Crippen LogP contribution is -2.13. The summed E-state index contributed by atoms with van der Waals surface area (Å²) in [7, 11) is 0. The highest BCUT2D eigenvalue weighted by atomic mass is 16.5. The first-order chi connectivity index (χ1) is 10.3. The van der Waals surface area contributed by atoms with Crippen LogP contribution < -0.4 is 10.1 Å². The van der Waals surface area contributed by atoms with Crippen molar-refractivity contribution >= 4 is 0 Å². The van der Waals surface area contributed by atoms with Crippen molar-refractivity contribution < 1.29 is 4.74 Å². The van der Waals surface area contributed by atoms with Gasteiger partial charge in [-0.25, -0.2) is 0 Å². The van der Waals surface area contributed by atoms with E-state index >= 15 is 0 Å². The molecule has 0 aliphatic rings. The summed E-state index contributed by atoms with van der Waals surface area (Å²) in [5.74, 6) is 0.899. The van der Waals surface area contributed by atoms with Gasteiger partial charge in [-0.3, -0.25) is 4.98 Å². The van der Waals surface area contributed by atoms with Crippen LogP contribution in [0, 0.1) is 0 Å². The molecule has 0 fully saturated rings. The maximum Gasteiger partial charge on any atom is 0.130 e. The summed E-state index contributed by atoms with van der Waals surface area (Å²) in [5, 5.41) is 3.28. The summed E-state index contributed by atoms with van der Waals surface area (Å²) in [6.45, 7) is 8.08. The molecular formula is C18H22N2O. The Hall–Kier alpha value is -2.13. The molecule has 3 nitrogen and oxygen atoms in total. The SMILES string of the molecule is C=CCc1ccccc1OCc1cccc(CNCC)n1. The highest BCUT2D eigenvalue weighted by Gasteiger charge is 2.03. The van der Waals surface area contributed by atoms with Crippen LogP contribution >= 0.6 is 0 Å². The van der Waals surface area contributed by atoms with E-state index in [1.165, 1.54) is 0 Å². The number of aromatic nitrogens is 1. The Morgan fingerprint density at radius 2 is 1.95 bits per heavy atom. The number of ether oxygens (including phenoxy) is 1. The van der Waals surface area contributed by atoms with Gasteiger partial charge in [0.25, 0.3) is 0 Å². The largest absolute Gasteiger partial charge is 0.487 e. The molecule has 0 unspecified atom stereocenters. The number of hydrogen-bond acceptors (Lipinski definition) is 3. The molecule has 0 saturated heterocycles. The Kier molecular flexibility index (Phi) is 5.98. The van der Waals surface area contributed by atoms with Crippen LogP contribution in [-0.4, -0.2) is 11.5 Å². The van der Waals surface area contributed by atoms with Crippen molar-refractivity contribution in [2.75, 3.05) is 6.54 Å². The van der Waals surface area contributed by atoms with Gasteiger partial charge in [-0.1, -0.05) is 37.3 Å². The van der Waals surface area contributed by atoms with Gasteiger partial charge in [0.05, 0.1) is 11.4 Å². The molecule has 0 atom stereocenters. The van der Waals surface area contributed by atoms with E-state index in [-0.39, 0.29) is 0 Å². The van der Waals surface area contributed by atoms with Gasteiger partial charge >= 0.3 is 0 Å². The average Bonchev–Trinajstić information content (AvgIpc) is 2.53. The van der Waals surface area contributed by atoms with Gasteiger partial charge in [-0.15, -0.1) is 6.58 Å². The van der Waals surface area contributed by atoms with Gasteiger partial charge in [-0.05, 0) is 36.7 Å². The number of benzene rings is 1. The second kappa shape index (κ2) is 8.22. The van der Waals surface area contributed by atoms with E-state index in [1.807, 2.05) is 42.5 Å². The molecule has 0 aliphatic carbocycles. The fourth-order valence-electron chi connectivity index (χ4n) is 2.08. The van der Waals surface area contributed by atoms with E-state index in [2.05, 4.69) is 29.9 Å². The fraction of sp³-hybridized carbons (Fsp3) is 0.278. The van der Waals surface area contributed by atoms with E-state index in [0.717, 1.165) is 42.2 Å². The number of para-hydroxylation sites is 1. The van der Waals surface area contributed by atoms with Gasteiger partial charge in [0.2, 0.25) is 0 Å². The number of nitrogens with one attached hydrogen (secondary N) is 1. The van der Waals surface area contributed by atoms with Crippen LogP contribution in [0.4, 0.5) is 0 Å². The summed E-state index contributed by atoms with van der Waals surface area (Å²) in [6.07, 6.45) is 2.70. The quantitative estimate of drug-likeness (QED) is 0.752. The summed E-state index contributed by atoms with van der Waals surface area (Å²) >= 11 is 0. The van der Waals surface area contributed by atoms with Crippen LogP contribution in [0.1, 0.15) is 23.9 Å². The highest BCUT2D eigenvalue weighted by molar-refractivity contribution is 5.34. The predicted molar refractivity (Wildman–Crippen MR) is 86.3 cm³/mol. The van der Waals surface area contributed by atoms with Crippen LogP contribution in [-0.2, 0) is 19.6 Å². The van der Waals surface area contributed by atoms with E-state index in [1.54, 1.807) is 0 Å². The van der Waals surface area contributed by atoms with Crippen LogP contribution in [0.3, 0.4) is 0 Å². The average molecular weight is 282 g/mol. The van der Waals surface area contributed by atoms with Crippen LogP contribution in [0.25, 0.3) is 0 Å². The minimum atomic E-state index is 0.480. The lowest BCUT2D eigenvalue weighted by Gasteiger charge is -2.10. The van der Waals surface area contributed by atoms with Crippen molar-refractivity contribution in [2.45, 2.75) is 26.5 Å². The molecule has 1 aromatic carbocycles. The van der Waals surface area contributed by atoms with Crippen molar-refractivity contribution in [1.29, 1.82) is 0 Å². The van der Waals surface area contributed by atoms with Crippen LogP contribution in [0.5, 0.6) is 5.75 Å². The molecule has 1 aromatic heterocycles. The van der Waals surface area contributed by atoms with Gasteiger partial charge in [0, 0.05) is 6.54 Å². The molecule has 0 spiro atoms. The first kappa shape index (κ1) is 15.3. The zero-order chi connectivity index (χ0) is 14.9. The third-order valence-corrected chi connectivity index (χ3v) is 3.13. The van der Waals surface area contributed by atoms with Gasteiger partial charge in [0.1, 0.15) is 12.4 Å². The molecule has 1 heterocycles. The monoisotopic (exact) mass is 282 g/mol. The topological polar surface area (TPSA) is 34.1 Å². The third kappa shape index (κ3) is 4.72. The Bertz CT molecular complexity index is 581. The summed E-state index contributed by atoms with van der Waals surface area (Å²) < 4.78 is 5.90. The van der Waals surface area contributed by atoms with Crippen molar-refractivity contribution in [2.24, 2.45) is 0 Å². The maximum atomic E-state index is 5.90. The highest BCUT2D eigenvalue weighted by Crippen LogP contribution is 2.19. The molecule has 21 heavy (non-hydrogen) atoms. The van der Waals surface area contributed by atoms with Crippen molar-refractivity contribution in [3.63, 3.8) is 0 Å². The fourth-order valence-corrected chi connectivity index (χ4v) is 2.08. The predicted octanol–water partition coefficient (Wildman–Crippen LogP) is 3.50. The molecule has 3 heteroatoms. The first-order valence-corrected chi connectivity index (χ1v) is 7.30. The van der Waals surface area contributed by atoms with E-state index < -0.39 is 0 Å². The molecule has 2 rings (SSSR count). The molecule has 0 amide bonds. The van der Waals surface area contributed by atoms with E-state index in [4.69, 9.17) is 4.74 Å². The van der Waals surface area contributed by atoms with Crippen molar-refractivity contribution in [3.05, 3.63) is 72.1 Å². The molecule has 2 aromatic rings. The molecule has 0 radical (unpaired) electrons. The van der Waals surface area contributed by atoms with Gasteiger partial charge in [-0.2, -0.15) is 0 Å². The number of nitrogens with zero attached hydrogens (tertiary/aromatic N) is 1. The Morgan fingerprint density at radius 3 is 2.76 bits per heavy atom. The van der Waals surface area contributed by atoms with E-state index in [9.17, 15) is 0 Å². The lowest BCUT2D eigenvalue weighted by atomic mass is 10.1. The second-order valence-corrected chi connectivity index (χ2v) is 4.79. The second-order valence-electron chi connectivity index (χ2n) is 4.79. The minimum Gasteiger partial charge on any atom is -0.487 e. The zero-order valence-corrected chi connectivity index (χ0v) is 12.5. The minimum absolute atomic E-state index is 0.480. The summed E-state index contributed by atoms with van der Waals surface area (Å²) in [4.78, 5) is 4.59. The molecule has 0 bridgehead atoms. The zero-order valence-electron chi connectivity index (χ0n) is 12.5. The van der Waals surface area contributed by atoms with Crippen molar-refractivity contribution in [3.8, 4) is 5.75 Å². The number of hydrogen-bond donors (Lipinski definition) is 1. The molecule has 0 aliphatic heterocycles. The van der Waals surface area contributed by atoms with E-state index in [0.29, 0.717) is 6.61 Å². The Labute approximate surface area is 126 Å². The standard InChI is InChI=1S/C18H22N2O/c1-3-8-15-9-5-6-12-18(15)21-14-17-11-7-10-16(20-17)13-19-4-2/h3,5-7,9-12,19H,1,4,8,13-14H2,2H3. The molecule has 1 N–H and O–H groups in total. The summed E-state index contributed by atoms with van der Waals surface area (Å²) in [5.41, 5.74) is 3.13. The van der Waals surface area contributed by atoms with Gasteiger partial charge < -0.3 is 10.1 Å². The molecule has 0 saturated carbocycles. The number of rotatable bonds is 8. The number of pyridine rings is 1. The van der Waals surface area contributed by atoms with Gasteiger partial charge in [0.15, 0.2) is 0 Å². The Balaban J connectivity index is 2.01. The molecular weight excluding hydrogens is 260 g/mol. The van der Waals surface area contributed by atoms with Crippen LogP contribution in [0.2, 0.25) is 0 Å². The first-order valence-electron chi connectivity index (χ1n) is 7.30.